The van der Waals surface area contributed by atoms with Crippen molar-refractivity contribution in [2.75, 3.05) is 13.2 Å². The van der Waals surface area contributed by atoms with Crippen molar-refractivity contribution in [2.24, 2.45) is 0 Å². The van der Waals surface area contributed by atoms with E-state index in [0.717, 1.165) is 51.4 Å². The first-order valence-electron chi connectivity index (χ1n) is 27.3. The highest BCUT2D eigenvalue weighted by molar-refractivity contribution is 5.76. The second kappa shape index (κ2) is 51.7. The van der Waals surface area contributed by atoms with Crippen LogP contribution in [0.1, 0.15) is 284 Å². The first-order valence-corrected chi connectivity index (χ1v) is 27.3. The molecule has 0 rings (SSSR count). The summed E-state index contributed by atoms with van der Waals surface area (Å²) in [7, 11) is 0. The zero-order chi connectivity index (χ0) is 45.1. The van der Waals surface area contributed by atoms with E-state index in [9.17, 15) is 19.8 Å². The fourth-order valence-corrected chi connectivity index (χ4v) is 8.19. The van der Waals surface area contributed by atoms with Crippen molar-refractivity contribution < 1.29 is 24.5 Å². The average molecular weight is 872 g/mol. The molecule has 3 N–H and O–H groups in total. The zero-order valence-corrected chi connectivity index (χ0v) is 41.4. The van der Waals surface area contributed by atoms with Gasteiger partial charge in [-0.2, -0.15) is 0 Å². The molecule has 0 fully saturated rings. The Balaban J connectivity index is 3.39. The Morgan fingerprint density at radius 1 is 0.452 bits per heavy atom. The van der Waals surface area contributed by atoms with Crippen molar-refractivity contribution in [1.82, 2.24) is 5.32 Å². The topological polar surface area (TPSA) is 95.9 Å². The van der Waals surface area contributed by atoms with Crippen LogP contribution in [0.15, 0.2) is 36.5 Å². The minimum absolute atomic E-state index is 0.00421. The third-order valence-corrected chi connectivity index (χ3v) is 12.4. The average Bonchev–Trinajstić information content (AvgIpc) is 3.27. The quantitative estimate of drug-likeness (QED) is 0.0321. The Bertz CT molecular complexity index is 1010. The van der Waals surface area contributed by atoms with Gasteiger partial charge < -0.3 is 20.3 Å². The Kier molecular flexibility index (Phi) is 50.1. The van der Waals surface area contributed by atoms with Crippen LogP contribution in [0.2, 0.25) is 0 Å². The van der Waals surface area contributed by atoms with E-state index in [1.54, 1.807) is 6.08 Å². The molecule has 0 aliphatic carbocycles. The lowest BCUT2D eigenvalue weighted by Gasteiger charge is -2.20. The predicted octanol–water partition coefficient (Wildman–Crippen LogP) is 16.5. The highest BCUT2D eigenvalue weighted by Gasteiger charge is 2.18. The number of allylic oxidation sites excluding steroid dienone is 5. The Morgan fingerprint density at radius 3 is 1.24 bits per heavy atom. The summed E-state index contributed by atoms with van der Waals surface area (Å²) in [5, 5.41) is 22.9. The summed E-state index contributed by atoms with van der Waals surface area (Å²) in [5.74, 6) is -0.0774. The van der Waals surface area contributed by atoms with Crippen LogP contribution >= 0.6 is 0 Å². The molecule has 0 aliphatic heterocycles. The van der Waals surface area contributed by atoms with E-state index in [1.165, 1.54) is 205 Å². The predicted molar refractivity (Wildman–Crippen MR) is 269 cm³/mol. The molecule has 0 heterocycles. The first kappa shape index (κ1) is 60.1. The number of rotatable bonds is 50. The highest BCUT2D eigenvalue weighted by atomic mass is 16.5. The van der Waals surface area contributed by atoms with Crippen LogP contribution in [0.4, 0.5) is 0 Å². The highest BCUT2D eigenvalue weighted by Crippen LogP contribution is 2.16. The van der Waals surface area contributed by atoms with Crippen LogP contribution in [0.3, 0.4) is 0 Å². The largest absolute Gasteiger partial charge is 0.466 e. The number of carbonyl (C=O) groups excluding carboxylic acids is 2. The molecular weight excluding hydrogens is 767 g/mol. The minimum atomic E-state index is -0.843. The van der Waals surface area contributed by atoms with Crippen molar-refractivity contribution in [3.05, 3.63) is 36.5 Å². The van der Waals surface area contributed by atoms with Crippen molar-refractivity contribution in [3.8, 4) is 0 Å². The molecule has 0 saturated carbocycles. The Morgan fingerprint density at radius 2 is 0.806 bits per heavy atom. The van der Waals surface area contributed by atoms with Crippen molar-refractivity contribution in [2.45, 2.75) is 296 Å². The van der Waals surface area contributed by atoms with Gasteiger partial charge in [0.05, 0.1) is 25.4 Å². The molecule has 0 aromatic heterocycles. The smallest absolute Gasteiger partial charge is 0.305 e. The summed E-state index contributed by atoms with van der Waals surface area (Å²) < 4.78 is 5.47. The molecule has 6 heteroatoms. The fraction of sp³-hybridized carbons (Fsp3) is 0.857. The molecule has 0 aromatic rings. The normalized spacial score (nSPS) is 12.9. The number of carbonyl (C=O) groups is 2. The molecule has 0 saturated heterocycles. The fourth-order valence-electron chi connectivity index (χ4n) is 8.19. The third kappa shape index (κ3) is 47.6. The minimum Gasteiger partial charge on any atom is -0.466 e. The Hall–Kier alpha value is -1.92. The molecule has 6 nitrogen and oxygen atoms in total. The number of unbranched alkanes of at least 4 members (excludes halogenated alkanes) is 35. The van der Waals surface area contributed by atoms with Crippen LogP contribution in [-0.2, 0) is 14.3 Å². The van der Waals surface area contributed by atoms with Gasteiger partial charge in [0.25, 0.3) is 0 Å². The second-order valence-electron chi connectivity index (χ2n) is 18.6. The monoisotopic (exact) mass is 872 g/mol. The number of amides is 1. The maximum atomic E-state index is 12.4. The van der Waals surface area contributed by atoms with Crippen LogP contribution < -0.4 is 5.32 Å². The zero-order valence-electron chi connectivity index (χ0n) is 41.4. The van der Waals surface area contributed by atoms with Gasteiger partial charge in [-0.25, -0.2) is 0 Å². The summed E-state index contributed by atoms with van der Waals surface area (Å²) in [4.78, 5) is 24.4. The van der Waals surface area contributed by atoms with Crippen LogP contribution in [0, 0.1) is 0 Å². The lowest BCUT2D eigenvalue weighted by atomic mass is 10.0. The van der Waals surface area contributed by atoms with Gasteiger partial charge in [0.15, 0.2) is 0 Å². The van der Waals surface area contributed by atoms with Crippen molar-refractivity contribution >= 4 is 11.9 Å². The standard InChI is InChI=1S/C56H105NO5/c1-3-5-7-9-11-13-14-15-16-24-27-30-34-38-42-46-50-56(61)62-51-47-43-39-35-31-28-25-22-20-18-17-19-21-23-26-29-33-37-41-45-49-55(60)57-53(52-58)54(59)48-44-40-36-32-12-10-8-6-4-2/h13-14,16,24,44,48,53-54,58-59H,3-12,15,17-23,25-43,45-47,49-52H2,1-2H3,(H,57,60)/b14-13-,24-16-,48-44+. The van der Waals surface area contributed by atoms with E-state index in [1.807, 2.05) is 6.08 Å². The Labute approximate surface area is 385 Å². The molecule has 2 atom stereocenters. The summed E-state index contributed by atoms with van der Waals surface area (Å²) in [6, 6.07) is -0.627. The SMILES string of the molecule is CCCCCC/C=C\C/C=C\CCCCCCCC(=O)OCCCCCCCCCCCCCCCCCCCCCCC(=O)NC(CO)C(O)/C=C/CCCCCCCCC. The summed E-state index contributed by atoms with van der Waals surface area (Å²) in [5.41, 5.74) is 0. The van der Waals surface area contributed by atoms with Gasteiger partial charge in [0.1, 0.15) is 0 Å². The van der Waals surface area contributed by atoms with Crippen LogP contribution in [0.5, 0.6) is 0 Å². The molecule has 1 amide bonds. The molecule has 62 heavy (non-hydrogen) atoms. The molecule has 364 valence electrons. The number of aliphatic hydroxyl groups excluding tert-OH is 2. The van der Waals surface area contributed by atoms with E-state index < -0.39 is 12.1 Å². The van der Waals surface area contributed by atoms with E-state index in [4.69, 9.17) is 4.74 Å². The number of esters is 1. The van der Waals surface area contributed by atoms with Gasteiger partial charge in [-0.1, -0.05) is 243 Å². The van der Waals surface area contributed by atoms with E-state index in [2.05, 4.69) is 43.5 Å². The van der Waals surface area contributed by atoms with E-state index in [0.29, 0.717) is 19.4 Å². The lowest BCUT2D eigenvalue weighted by Crippen LogP contribution is -2.45. The molecule has 0 spiro atoms. The number of hydrogen-bond acceptors (Lipinski definition) is 5. The molecule has 2 unspecified atom stereocenters. The molecule has 0 bridgehead atoms. The van der Waals surface area contributed by atoms with Gasteiger partial charge in [0.2, 0.25) is 5.91 Å². The summed E-state index contributed by atoms with van der Waals surface area (Å²) >= 11 is 0. The van der Waals surface area contributed by atoms with Gasteiger partial charge in [-0.15, -0.1) is 0 Å². The van der Waals surface area contributed by atoms with Gasteiger partial charge >= 0.3 is 5.97 Å². The third-order valence-electron chi connectivity index (χ3n) is 12.4. The van der Waals surface area contributed by atoms with E-state index in [-0.39, 0.29) is 18.5 Å². The number of aliphatic hydroxyl groups is 2. The van der Waals surface area contributed by atoms with Crippen molar-refractivity contribution in [1.29, 1.82) is 0 Å². The molecule has 0 aliphatic rings. The molecule has 0 aromatic carbocycles. The maximum Gasteiger partial charge on any atom is 0.305 e. The van der Waals surface area contributed by atoms with Gasteiger partial charge in [0, 0.05) is 12.8 Å². The van der Waals surface area contributed by atoms with Crippen LogP contribution in [0.25, 0.3) is 0 Å². The number of ether oxygens (including phenoxy) is 1. The second-order valence-corrected chi connectivity index (χ2v) is 18.6. The summed E-state index contributed by atoms with van der Waals surface area (Å²) in [6.07, 6.45) is 63.1. The number of hydrogen-bond donors (Lipinski definition) is 3. The van der Waals surface area contributed by atoms with Crippen LogP contribution in [-0.4, -0.2) is 47.4 Å². The van der Waals surface area contributed by atoms with Gasteiger partial charge in [-0.05, 0) is 64.2 Å². The molecular formula is C56H105NO5. The molecule has 0 radical (unpaired) electrons. The number of nitrogens with one attached hydrogen (secondary N) is 1. The maximum absolute atomic E-state index is 12.4. The van der Waals surface area contributed by atoms with E-state index >= 15 is 0 Å². The van der Waals surface area contributed by atoms with Gasteiger partial charge in [-0.3, -0.25) is 9.59 Å². The summed E-state index contributed by atoms with van der Waals surface area (Å²) in [6.45, 7) is 4.85. The first-order chi connectivity index (χ1) is 30.5. The van der Waals surface area contributed by atoms with Crippen molar-refractivity contribution in [3.63, 3.8) is 0 Å². The lowest BCUT2D eigenvalue weighted by molar-refractivity contribution is -0.143.